The van der Waals surface area contributed by atoms with E-state index in [-0.39, 0.29) is 21.1 Å². The summed E-state index contributed by atoms with van der Waals surface area (Å²) < 4.78 is 10.7. The summed E-state index contributed by atoms with van der Waals surface area (Å²) in [6, 6.07) is 27.9. The van der Waals surface area contributed by atoms with Crippen molar-refractivity contribution in [3.8, 4) is 23.0 Å². The summed E-state index contributed by atoms with van der Waals surface area (Å²) in [4.78, 5) is 4.71. The number of aryl methyl sites for hydroxylation is 3. The quantitative estimate of drug-likeness (QED) is 0.125. The number of hydrogen-bond acceptors (Lipinski definition) is 3. The van der Waals surface area contributed by atoms with Crippen molar-refractivity contribution in [2.75, 3.05) is 0 Å². The number of ether oxygens (including phenoxy) is 1. The molecule has 47 heavy (non-hydrogen) atoms. The van der Waals surface area contributed by atoms with Crippen molar-refractivity contribution in [3.05, 3.63) is 119 Å². The number of fused-ring (bicyclic) bond motifs is 3. The molecule has 1 unspecified atom stereocenters. The summed E-state index contributed by atoms with van der Waals surface area (Å²) in [5.41, 5.74) is 10.2. The summed E-state index contributed by atoms with van der Waals surface area (Å²) in [5.74, 6) is 4.35. The van der Waals surface area contributed by atoms with Crippen LogP contribution in [0.2, 0.25) is 0 Å². The van der Waals surface area contributed by atoms with Crippen molar-refractivity contribution in [2.24, 2.45) is 17.8 Å². The Bertz CT molecular complexity index is 2140. The third-order valence-electron chi connectivity index (χ3n) is 9.80. The number of para-hydroxylation sites is 1. The molecule has 0 saturated carbocycles. The molecule has 0 aliphatic heterocycles. The second-order valence-electron chi connectivity index (χ2n) is 13.6. The third-order valence-corrected chi connectivity index (χ3v) is 9.80. The van der Waals surface area contributed by atoms with Gasteiger partial charge in [0.15, 0.2) is 0 Å². The molecular formula is C41H42N4OPt. The van der Waals surface area contributed by atoms with Crippen molar-refractivity contribution in [1.82, 2.24) is 19.3 Å². The molecule has 0 saturated heterocycles. The van der Waals surface area contributed by atoms with Crippen molar-refractivity contribution < 1.29 is 25.8 Å². The van der Waals surface area contributed by atoms with Crippen molar-refractivity contribution in [2.45, 2.75) is 67.7 Å². The summed E-state index contributed by atoms with van der Waals surface area (Å²) in [6.45, 7) is 17.9. The van der Waals surface area contributed by atoms with E-state index < -0.39 is 0 Å². The summed E-state index contributed by atoms with van der Waals surface area (Å²) in [6.07, 6.45) is 5.57. The van der Waals surface area contributed by atoms with E-state index in [1.54, 1.807) is 0 Å². The number of aromatic nitrogens is 4. The molecule has 3 aromatic carbocycles. The summed E-state index contributed by atoms with van der Waals surface area (Å²) in [7, 11) is 0. The molecular weight excluding hydrogens is 760 g/mol. The van der Waals surface area contributed by atoms with Gasteiger partial charge in [0.1, 0.15) is 5.82 Å². The van der Waals surface area contributed by atoms with Crippen LogP contribution in [0, 0.1) is 57.6 Å². The van der Waals surface area contributed by atoms with E-state index in [1.807, 2.05) is 29.1 Å². The largest absolute Gasteiger partial charge is 2.00 e. The number of nitrogens with zero attached hydrogens (tertiary/aromatic N) is 4. The van der Waals surface area contributed by atoms with Gasteiger partial charge in [-0.15, -0.1) is 35.7 Å². The Morgan fingerprint density at radius 1 is 0.872 bits per heavy atom. The monoisotopic (exact) mass is 801 g/mol. The Labute approximate surface area is 292 Å². The molecule has 0 radical (unpaired) electrons. The van der Waals surface area contributed by atoms with Crippen molar-refractivity contribution in [3.63, 3.8) is 0 Å². The maximum absolute atomic E-state index is 6.51. The average molecular weight is 802 g/mol. The minimum Gasteiger partial charge on any atom is -0.509 e. The average Bonchev–Trinajstić information content (AvgIpc) is 3.49. The first-order valence-electron chi connectivity index (χ1n) is 16.4. The maximum atomic E-state index is 6.51. The smallest absolute Gasteiger partial charge is 0.509 e. The Balaban J connectivity index is 0.00000386. The van der Waals surface area contributed by atoms with E-state index in [0.717, 1.165) is 50.1 Å². The van der Waals surface area contributed by atoms with Crippen LogP contribution in [0.1, 0.15) is 68.1 Å². The van der Waals surface area contributed by atoms with Gasteiger partial charge in [-0.25, -0.2) is 4.98 Å². The maximum Gasteiger partial charge on any atom is 2.00 e. The molecule has 0 spiro atoms. The second-order valence-corrected chi connectivity index (χ2v) is 13.6. The molecule has 3 aromatic heterocycles. The zero-order valence-electron chi connectivity index (χ0n) is 28.5. The van der Waals surface area contributed by atoms with Crippen LogP contribution in [0.4, 0.5) is 0 Å². The molecule has 5 nitrogen and oxygen atoms in total. The normalized spacial score (nSPS) is 18.1. The third kappa shape index (κ3) is 6.00. The molecule has 7 rings (SSSR count). The molecule has 0 amide bonds. The van der Waals surface area contributed by atoms with Gasteiger partial charge in [-0.2, -0.15) is 16.7 Å². The van der Waals surface area contributed by atoms with E-state index in [4.69, 9.17) is 14.8 Å². The minimum absolute atomic E-state index is 0. The second kappa shape index (κ2) is 12.9. The van der Waals surface area contributed by atoms with Crippen molar-refractivity contribution >= 4 is 21.8 Å². The number of allylic oxidation sites excluding steroid dienone is 2. The van der Waals surface area contributed by atoms with Crippen LogP contribution in [0.5, 0.6) is 11.5 Å². The van der Waals surface area contributed by atoms with E-state index >= 15 is 0 Å². The number of pyridine rings is 1. The van der Waals surface area contributed by atoms with Gasteiger partial charge < -0.3 is 9.30 Å². The molecule has 0 N–H and O–H groups in total. The molecule has 1 aliphatic carbocycles. The first-order chi connectivity index (χ1) is 22.1. The van der Waals surface area contributed by atoms with E-state index in [1.165, 1.54) is 23.3 Å². The van der Waals surface area contributed by atoms with Gasteiger partial charge in [-0.1, -0.05) is 63.1 Å². The van der Waals surface area contributed by atoms with Crippen LogP contribution < -0.4 is 4.74 Å². The Kier molecular flexibility index (Phi) is 9.06. The fourth-order valence-electron chi connectivity index (χ4n) is 7.60. The van der Waals surface area contributed by atoms with Crippen LogP contribution in [0.15, 0.2) is 78.5 Å². The van der Waals surface area contributed by atoms with Gasteiger partial charge in [-0.05, 0) is 86.7 Å². The predicted octanol–water partition coefficient (Wildman–Crippen LogP) is 10.3. The van der Waals surface area contributed by atoms with E-state index in [9.17, 15) is 0 Å². The summed E-state index contributed by atoms with van der Waals surface area (Å²) in [5, 5.41) is 7.34. The summed E-state index contributed by atoms with van der Waals surface area (Å²) >= 11 is 0. The molecule has 0 bridgehead atoms. The zero-order chi connectivity index (χ0) is 32.3. The van der Waals surface area contributed by atoms with Gasteiger partial charge in [0, 0.05) is 40.4 Å². The number of hydrogen-bond donors (Lipinski definition) is 0. The van der Waals surface area contributed by atoms with E-state index in [0.29, 0.717) is 35.2 Å². The molecule has 3 atom stereocenters. The Hall–Kier alpha value is -3.95. The topological polar surface area (TPSA) is 44.9 Å². The first-order valence-corrected chi connectivity index (χ1v) is 16.4. The Morgan fingerprint density at radius 3 is 2.40 bits per heavy atom. The van der Waals surface area contributed by atoms with Crippen LogP contribution >= 0.6 is 0 Å². The van der Waals surface area contributed by atoms with Gasteiger partial charge in [0.2, 0.25) is 0 Å². The van der Waals surface area contributed by atoms with Crippen LogP contribution in [-0.2, 0) is 21.1 Å². The fraction of sp³-hybridized carbons (Fsp3) is 0.317. The SMILES string of the molecule is CC1=C[C@H](C(C)C)C[C@H](C)C1c1c(C)nn(-c2[c-]c(Oc3[c-]c4c(cc3)c3ccccc3n4-c3cc(C)ccn3)cc(C)c2)c1C.[Pt+2]. The van der Waals surface area contributed by atoms with Gasteiger partial charge >= 0.3 is 21.1 Å². The minimum atomic E-state index is 0. The van der Waals surface area contributed by atoms with Gasteiger partial charge in [0.05, 0.1) is 5.69 Å². The molecule has 1 aliphatic rings. The molecule has 242 valence electrons. The standard InChI is InChI=1S/C41H42N4O.Pt/c1-24(2)31-20-27(5)40(28(6)21-31)41-29(7)43-45(30(41)8)32-17-26(4)18-34(22-32)46-33-13-14-36-35-11-9-10-12-37(35)44(38(36)23-33)39-19-25(3)15-16-42-39;/h9-20,24,28,31,40H,21H2,1-8H3;/q-2;+2/t28-,31-,40?;/m0./s1. The molecule has 6 aromatic rings. The Morgan fingerprint density at radius 2 is 1.66 bits per heavy atom. The molecule has 3 heterocycles. The zero-order valence-corrected chi connectivity index (χ0v) is 30.7. The first kappa shape index (κ1) is 33.0. The van der Waals surface area contributed by atoms with Crippen LogP contribution in [-0.4, -0.2) is 19.3 Å². The van der Waals surface area contributed by atoms with Crippen molar-refractivity contribution in [1.29, 1.82) is 0 Å². The predicted molar refractivity (Wildman–Crippen MR) is 187 cm³/mol. The molecule has 0 fully saturated rings. The van der Waals surface area contributed by atoms with Gasteiger partial charge in [-0.3, -0.25) is 4.68 Å². The van der Waals surface area contributed by atoms with Gasteiger partial charge in [0.25, 0.3) is 0 Å². The molecule has 6 heteroatoms. The number of benzene rings is 3. The van der Waals surface area contributed by atoms with E-state index in [2.05, 4.69) is 121 Å². The van der Waals surface area contributed by atoms with Crippen LogP contribution in [0.25, 0.3) is 33.3 Å². The number of rotatable bonds is 6. The fourth-order valence-corrected chi connectivity index (χ4v) is 7.60. The van der Waals surface area contributed by atoms with Crippen LogP contribution in [0.3, 0.4) is 0 Å².